The number of nitrogens with one attached hydrogen (secondary N) is 1. The van der Waals surface area contributed by atoms with Gasteiger partial charge in [0.25, 0.3) is 0 Å². The van der Waals surface area contributed by atoms with Crippen molar-refractivity contribution in [2.24, 2.45) is 0 Å². The zero-order chi connectivity index (χ0) is 20.6. The Balaban J connectivity index is 1.81. The SMILES string of the molecule is CCCC/C=C\c1cnc2c(NCc3cc(OC)c(OC)c(OC)c3)nccn12. The van der Waals surface area contributed by atoms with E-state index < -0.39 is 0 Å². The van der Waals surface area contributed by atoms with Gasteiger partial charge in [-0.25, -0.2) is 9.97 Å². The molecule has 0 aliphatic heterocycles. The van der Waals surface area contributed by atoms with E-state index in [2.05, 4.69) is 34.4 Å². The summed E-state index contributed by atoms with van der Waals surface area (Å²) in [5, 5.41) is 3.36. The molecule has 7 heteroatoms. The zero-order valence-electron chi connectivity index (χ0n) is 17.4. The third-order valence-corrected chi connectivity index (χ3v) is 4.65. The summed E-state index contributed by atoms with van der Waals surface area (Å²) in [5.74, 6) is 2.53. The van der Waals surface area contributed by atoms with Crippen LogP contribution < -0.4 is 19.5 Å². The maximum atomic E-state index is 5.43. The molecule has 0 amide bonds. The van der Waals surface area contributed by atoms with Crippen molar-refractivity contribution >= 4 is 17.5 Å². The predicted molar refractivity (Wildman–Crippen MR) is 115 cm³/mol. The number of allylic oxidation sites excluding steroid dienone is 1. The first-order valence-electron chi connectivity index (χ1n) is 9.73. The topological polar surface area (TPSA) is 69.9 Å². The number of nitrogens with zero attached hydrogens (tertiary/aromatic N) is 3. The lowest BCUT2D eigenvalue weighted by molar-refractivity contribution is 0.324. The molecule has 0 spiro atoms. The van der Waals surface area contributed by atoms with Gasteiger partial charge >= 0.3 is 0 Å². The molecule has 0 saturated carbocycles. The van der Waals surface area contributed by atoms with Crippen molar-refractivity contribution in [3.63, 3.8) is 0 Å². The molecule has 0 aliphatic rings. The van der Waals surface area contributed by atoms with Gasteiger partial charge in [-0.05, 0) is 30.2 Å². The number of aromatic nitrogens is 3. The Hall–Kier alpha value is -3.22. The Morgan fingerprint density at radius 3 is 2.48 bits per heavy atom. The van der Waals surface area contributed by atoms with Crippen molar-refractivity contribution in [3.05, 3.63) is 48.1 Å². The molecular formula is C22H28N4O3. The summed E-state index contributed by atoms with van der Waals surface area (Å²) >= 11 is 0. The molecule has 29 heavy (non-hydrogen) atoms. The number of methoxy groups -OCH3 is 3. The van der Waals surface area contributed by atoms with Crippen LogP contribution in [-0.4, -0.2) is 35.7 Å². The number of hydrogen-bond acceptors (Lipinski definition) is 6. The smallest absolute Gasteiger partial charge is 0.203 e. The number of rotatable bonds is 10. The van der Waals surface area contributed by atoms with Crippen LogP contribution >= 0.6 is 0 Å². The zero-order valence-corrected chi connectivity index (χ0v) is 17.4. The minimum Gasteiger partial charge on any atom is -0.493 e. The van der Waals surface area contributed by atoms with Crippen LogP contribution in [0.15, 0.2) is 36.8 Å². The summed E-state index contributed by atoms with van der Waals surface area (Å²) in [6.07, 6.45) is 13.3. The molecule has 3 aromatic rings. The van der Waals surface area contributed by atoms with Crippen LogP contribution in [0.4, 0.5) is 5.82 Å². The van der Waals surface area contributed by atoms with Crippen LogP contribution in [-0.2, 0) is 6.54 Å². The summed E-state index contributed by atoms with van der Waals surface area (Å²) in [5.41, 5.74) is 2.80. The summed E-state index contributed by atoms with van der Waals surface area (Å²) in [6.45, 7) is 2.73. The summed E-state index contributed by atoms with van der Waals surface area (Å²) in [7, 11) is 4.81. The van der Waals surface area contributed by atoms with E-state index in [1.807, 2.05) is 28.9 Å². The normalized spacial score (nSPS) is 11.2. The molecule has 7 nitrogen and oxygen atoms in total. The van der Waals surface area contributed by atoms with Crippen LogP contribution in [0.5, 0.6) is 17.2 Å². The fourth-order valence-corrected chi connectivity index (χ4v) is 3.14. The van der Waals surface area contributed by atoms with E-state index in [1.54, 1.807) is 27.5 Å². The van der Waals surface area contributed by atoms with Crippen molar-refractivity contribution in [2.45, 2.75) is 32.7 Å². The predicted octanol–water partition coefficient (Wildman–Crippen LogP) is 4.57. The molecule has 0 fully saturated rings. The second kappa shape index (κ2) is 9.82. The lowest BCUT2D eigenvalue weighted by atomic mass is 10.1. The van der Waals surface area contributed by atoms with E-state index in [1.165, 1.54) is 12.8 Å². The highest BCUT2D eigenvalue weighted by atomic mass is 16.5. The van der Waals surface area contributed by atoms with Gasteiger partial charge in [0, 0.05) is 18.9 Å². The van der Waals surface area contributed by atoms with Crippen molar-refractivity contribution in [3.8, 4) is 17.2 Å². The molecule has 0 unspecified atom stereocenters. The summed E-state index contributed by atoms with van der Waals surface area (Å²) < 4.78 is 18.3. The molecule has 0 aliphatic carbocycles. The Labute approximate surface area is 171 Å². The van der Waals surface area contributed by atoms with Gasteiger partial charge in [-0.1, -0.05) is 25.8 Å². The summed E-state index contributed by atoms with van der Waals surface area (Å²) in [4.78, 5) is 9.00. The number of benzene rings is 1. The lowest BCUT2D eigenvalue weighted by Crippen LogP contribution is -2.05. The molecule has 154 valence electrons. The third-order valence-electron chi connectivity index (χ3n) is 4.65. The molecule has 2 heterocycles. The maximum absolute atomic E-state index is 5.43. The lowest BCUT2D eigenvalue weighted by Gasteiger charge is -2.14. The van der Waals surface area contributed by atoms with Gasteiger partial charge in [0.2, 0.25) is 5.75 Å². The van der Waals surface area contributed by atoms with E-state index >= 15 is 0 Å². The second-order valence-corrected chi connectivity index (χ2v) is 6.58. The number of ether oxygens (including phenoxy) is 3. The number of fused-ring (bicyclic) bond motifs is 1. The standard InChI is InChI=1S/C22H28N4O3/c1-5-6-7-8-9-17-15-25-22-21(23-10-11-26(17)22)24-14-16-12-18(27-2)20(29-4)19(13-16)28-3/h8-13,15H,5-7,14H2,1-4H3,(H,23,24)/b9-8-. The van der Waals surface area contributed by atoms with Crippen LogP contribution in [0, 0.1) is 0 Å². The van der Waals surface area contributed by atoms with E-state index in [-0.39, 0.29) is 0 Å². The van der Waals surface area contributed by atoms with Crippen molar-refractivity contribution in [2.75, 3.05) is 26.6 Å². The van der Waals surface area contributed by atoms with Gasteiger partial charge in [0.15, 0.2) is 23.0 Å². The number of unbranched alkanes of at least 4 members (excludes halogenated alkanes) is 2. The van der Waals surface area contributed by atoms with Gasteiger partial charge < -0.3 is 19.5 Å². The van der Waals surface area contributed by atoms with Crippen LogP contribution in [0.25, 0.3) is 11.7 Å². The van der Waals surface area contributed by atoms with Gasteiger partial charge in [0.05, 0.1) is 33.2 Å². The maximum Gasteiger partial charge on any atom is 0.203 e. The van der Waals surface area contributed by atoms with Gasteiger partial charge in [0.1, 0.15) is 0 Å². The van der Waals surface area contributed by atoms with E-state index in [0.717, 1.165) is 29.1 Å². The minimum atomic E-state index is 0.540. The average molecular weight is 396 g/mol. The first kappa shape index (κ1) is 20.5. The number of imidazole rings is 1. The fourth-order valence-electron chi connectivity index (χ4n) is 3.14. The van der Waals surface area contributed by atoms with Crippen LogP contribution in [0.3, 0.4) is 0 Å². The largest absolute Gasteiger partial charge is 0.493 e. The molecule has 1 aromatic carbocycles. The Morgan fingerprint density at radius 2 is 1.83 bits per heavy atom. The van der Waals surface area contributed by atoms with Crippen molar-refractivity contribution in [1.29, 1.82) is 0 Å². The molecule has 1 N–H and O–H groups in total. The van der Waals surface area contributed by atoms with Crippen molar-refractivity contribution in [1.82, 2.24) is 14.4 Å². The molecule has 0 radical (unpaired) electrons. The molecule has 3 rings (SSSR count). The monoisotopic (exact) mass is 396 g/mol. The molecule has 0 bridgehead atoms. The van der Waals surface area contributed by atoms with E-state index in [4.69, 9.17) is 14.2 Å². The molecular weight excluding hydrogens is 368 g/mol. The highest BCUT2D eigenvalue weighted by Gasteiger charge is 2.14. The fraction of sp³-hybridized carbons (Fsp3) is 0.364. The summed E-state index contributed by atoms with van der Waals surface area (Å²) in [6, 6.07) is 3.84. The van der Waals surface area contributed by atoms with Gasteiger partial charge in [-0.3, -0.25) is 4.40 Å². The highest BCUT2D eigenvalue weighted by Crippen LogP contribution is 2.38. The molecule has 2 aromatic heterocycles. The van der Waals surface area contributed by atoms with Crippen LogP contribution in [0.2, 0.25) is 0 Å². The Kier molecular flexibility index (Phi) is 6.94. The van der Waals surface area contributed by atoms with Crippen molar-refractivity contribution < 1.29 is 14.2 Å². The first-order chi connectivity index (χ1) is 14.2. The first-order valence-corrected chi connectivity index (χ1v) is 9.73. The van der Waals surface area contributed by atoms with Gasteiger partial charge in [-0.2, -0.15) is 0 Å². The number of anilines is 1. The molecule has 0 saturated heterocycles. The van der Waals surface area contributed by atoms with Gasteiger partial charge in [-0.15, -0.1) is 0 Å². The highest BCUT2D eigenvalue weighted by molar-refractivity contribution is 5.66. The van der Waals surface area contributed by atoms with E-state index in [9.17, 15) is 0 Å². The average Bonchev–Trinajstić information content (AvgIpc) is 3.18. The molecule has 0 atom stereocenters. The Morgan fingerprint density at radius 1 is 1.07 bits per heavy atom. The van der Waals surface area contributed by atoms with E-state index in [0.29, 0.717) is 23.8 Å². The quantitative estimate of drug-likeness (QED) is 0.506. The third kappa shape index (κ3) is 4.62. The minimum absolute atomic E-state index is 0.540. The second-order valence-electron chi connectivity index (χ2n) is 6.58. The number of hydrogen-bond donors (Lipinski definition) is 1. The van der Waals surface area contributed by atoms with Crippen LogP contribution in [0.1, 0.15) is 37.4 Å². The Bertz CT molecular complexity index is 956.